The molecule has 1 saturated heterocycles. The summed E-state index contributed by atoms with van der Waals surface area (Å²) in [6.07, 6.45) is -3.93. The number of carbonyl (C=O) groups is 1. The van der Waals surface area contributed by atoms with Crippen LogP contribution < -0.4 is 5.32 Å². The summed E-state index contributed by atoms with van der Waals surface area (Å²) in [5.74, 6) is -2.22. The average Bonchev–Trinajstić information content (AvgIpc) is 2.82. The highest BCUT2D eigenvalue weighted by Gasteiger charge is 2.44. The normalized spacial score (nSPS) is 35.0. The number of halogens is 3. The third-order valence-electron chi connectivity index (χ3n) is 4.48. The van der Waals surface area contributed by atoms with Crippen LogP contribution in [0.15, 0.2) is 0 Å². The first-order valence-electron chi connectivity index (χ1n) is 7.03. The zero-order chi connectivity index (χ0) is 14.9. The highest BCUT2D eigenvalue weighted by atomic mass is 19.4. The van der Waals surface area contributed by atoms with Gasteiger partial charge >= 0.3 is 6.18 Å². The molecule has 0 radical (unpaired) electrons. The number of carbonyl (C=O) groups excluding carboxylic acids is 1. The lowest BCUT2D eigenvalue weighted by molar-refractivity contribution is -0.187. The molecule has 2 N–H and O–H groups in total. The second kappa shape index (κ2) is 5.89. The van der Waals surface area contributed by atoms with Crippen molar-refractivity contribution in [1.82, 2.24) is 10.2 Å². The fraction of sp³-hybridized carbons (Fsp3) is 0.923. The second-order valence-corrected chi connectivity index (χ2v) is 5.84. The SMILES string of the molecule is CN(C(=O)C1CCCC(C(F)(F)F)C1)[C@@H]1CNC[C@H]1O. The molecular formula is C13H21F3N2O2. The lowest BCUT2D eigenvalue weighted by atomic mass is 9.80. The Morgan fingerprint density at radius 1 is 1.30 bits per heavy atom. The van der Waals surface area contributed by atoms with Gasteiger partial charge in [-0.25, -0.2) is 0 Å². The van der Waals surface area contributed by atoms with Gasteiger partial charge in [-0.3, -0.25) is 4.79 Å². The van der Waals surface area contributed by atoms with E-state index in [4.69, 9.17) is 0 Å². The fourth-order valence-corrected chi connectivity index (χ4v) is 3.21. The van der Waals surface area contributed by atoms with Crippen molar-refractivity contribution in [3.63, 3.8) is 0 Å². The van der Waals surface area contributed by atoms with Crippen molar-refractivity contribution in [3.05, 3.63) is 0 Å². The number of alkyl halides is 3. The molecule has 1 aliphatic carbocycles. The molecule has 1 amide bonds. The number of amides is 1. The quantitative estimate of drug-likeness (QED) is 0.803. The van der Waals surface area contributed by atoms with Gasteiger partial charge in [-0.15, -0.1) is 0 Å². The Bertz CT molecular complexity index is 362. The topological polar surface area (TPSA) is 52.6 Å². The van der Waals surface area contributed by atoms with Crippen molar-refractivity contribution < 1.29 is 23.1 Å². The fourth-order valence-electron chi connectivity index (χ4n) is 3.21. The van der Waals surface area contributed by atoms with E-state index in [2.05, 4.69) is 5.32 Å². The largest absolute Gasteiger partial charge is 0.391 e. The molecule has 20 heavy (non-hydrogen) atoms. The van der Waals surface area contributed by atoms with Crippen molar-refractivity contribution in [1.29, 1.82) is 0 Å². The summed E-state index contributed by atoms with van der Waals surface area (Å²) in [5.41, 5.74) is 0. The number of hydrogen-bond acceptors (Lipinski definition) is 3. The van der Waals surface area contributed by atoms with E-state index in [0.29, 0.717) is 25.9 Å². The predicted molar refractivity (Wildman–Crippen MR) is 66.9 cm³/mol. The molecule has 7 heteroatoms. The third kappa shape index (κ3) is 3.25. The highest BCUT2D eigenvalue weighted by molar-refractivity contribution is 5.79. The van der Waals surface area contributed by atoms with Crippen LogP contribution in [0.3, 0.4) is 0 Å². The number of rotatable bonds is 2. The Balaban J connectivity index is 1.98. The maximum Gasteiger partial charge on any atom is 0.391 e. The van der Waals surface area contributed by atoms with E-state index in [9.17, 15) is 23.1 Å². The van der Waals surface area contributed by atoms with Crippen molar-refractivity contribution >= 4 is 5.91 Å². The molecule has 2 aliphatic rings. The van der Waals surface area contributed by atoms with Crippen LogP contribution in [0.5, 0.6) is 0 Å². The van der Waals surface area contributed by atoms with Crippen LogP contribution in [-0.4, -0.2) is 54.4 Å². The molecule has 116 valence electrons. The van der Waals surface area contributed by atoms with Crippen molar-refractivity contribution in [2.75, 3.05) is 20.1 Å². The maximum absolute atomic E-state index is 12.8. The van der Waals surface area contributed by atoms with E-state index in [1.54, 1.807) is 7.05 Å². The molecule has 1 saturated carbocycles. The molecule has 0 spiro atoms. The van der Waals surface area contributed by atoms with E-state index in [1.807, 2.05) is 0 Å². The zero-order valence-electron chi connectivity index (χ0n) is 11.5. The van der Waals surface area contributed by atoms with Gasteiger partial charge in [0.2, 0.25) is 5.91 Å². The van der Waals surface area contributed by atoms with Gasteiger partial charge in [0.25, 0.3) is 0 Å². The van der Waals surface area contributed by atoms with Gasteiger partial charge in [-0.1, -0.05) is 6.42 Å². The van der Waals surface area contributed by atoms with Crippen LogP contribution >= 0.6 is 0 Å². The minimum atomic E-state index is -4.22. The maximum atomic E-state index is 12.8. The number of β-amino-alcohol motifs (C(OH)–C–C–N with tert-alkyl or cyclic N) is 1. The molecular weight excluding hydrogens is 273 g/mol. The summed E-state index contributed by atoms with van der Waals surface area (Å²) in [6.45, 7) is 0.900. The monoisotopic (exact) mass is 294 g/mol. The number of hydrogen-bond donors (Lipinski definition) is 2. The standard InChI is InChI=1S/C13H21F3N2O2/c1-18(10-6-17-7-11(10)19)12(20)8-3-2-4-9(5-8)13(14,15)16/h8-11,17,19H,2-7H2,1H3/t8?,9?,10-,11-/m1/s1. The Labute approximate surface area is 116 Å². The minimum absolute atomic E-state index is 0.116. The number of nitrogens with zero attached hydrogens (tertiary/aromatic N) is 1. The van der Waals surface area contributed by atoms with Crippen LogP contribution in [0.1, 0.15) is 25.7 Å². The first-order valence-corrected chi connectivity index (χ1v) is 7.03. The van der Waals surface area contributed by atoms with Gasteiger partial charge in [0.05, 0.1) is 18.1 Å². The van der Waals surface area contributed by atoms with Crippen molar-refractivity contribution in [2.24, 2.45) is 11.8 Å². The first-order chi connectivity index (χ1) is 9.30. The Morgan fingerprint density at radius 2 is 2.00 bits per heavy atom. The number of likely N-dealkylation sites (N-methyl/N-ethyl adjacent to an activating group) is 1. The zero-order valence-corrected chi connectivity index (χ0v) is 11.5. The van der Waals surface area contributed by atoms with Gasteiger partial charge in [0, 0.05) is 26.1 Å². The van der Waals surface area contributed by atoms with Crippen LogP contribution in [0.2, 0.25) is 0 Å². The second-order valence-electron chi connectivity index (χ2n) is 5.84. The van der Waals surface area contributed by atoms with E-state index < -0.39 is 24.1 Å². The summed E-state index contributed by atoms with van der Waals surface area (Å²) in [5, 5.41) is 12.7. The van der Waals surface area contributed by atoms with Crippen molar-refractivity contribution in [3.8, 4) is 0 Å². The van der Waals surface area contributed by atoms with Crippen LogP contribution in [0.4, 0.5) is 13.2 Å². The summed E-state index contributed by atoms with van der Waals surface area (Å²) in [4.78, 5) is 13.7. The summed E-state index contributed by atoms with van der Waals surface area (Å²) >= 11 is 0. The molecule has 2 unspecified atom stereocenters. The van der Waals surface area contributed by atoms with Crippen molar-refractivity contribution in [2.45, 2.75) is 44.0 Å². The number of nitrogens with one attached hydrogen (secondary N) is 1. The van der Waals surface area contributed by atoms with E-state index in [-0.39, 0.29) is 24.8 Å². The average molecular weight is 294 g/mol. The van der Waals surface area contributed by atoms with Gasteiger partial charge in [0.15, 0.2) is 0 Å². The van der Waals surface area contributed by atoms with Crippen LogP contribution in [0.25, 0.3) is 0 Å². The third-order valence-corrected chi connectivity index (χ3v) is 4.48. The molecule has 4 nitrogen and oxygen atoms in total. The Kier molecular flexibility index (Phi) is 4.59. The first kappa shape index (κ1) is 15.6. The lowest BCUT2D eigenvalue weighted by Crippen LogP contribution is -2.48. The summed E-state index contributed by atoms with van der Waals surface area (Å²) < 4.78 is 38.3. The number of aliphatic hydroxyl groups is 1. The van der Waals surface area contributed by atoms with Gasteiger partial charge < -0.3 is 15.3 Å². The molecule has 0 aromatic heterocycles. The van der Waals surface area contributed by atoms with Gasteiger partial charge in [-0.05, 0) is 19.3 Å². The van der Waals surface area contributed by atoms with E-state index >= 15 is 0 Å². The molecule has 2 rings (SSSR count). The molecule has 0 aromatic rings. The van der Waals surface area contributed by atoms with Gasteiger partial charge in [-0.2, -0.15) is 13.2 Å². The smallest absolute Gasteiger partial charge is 0.390 e. The molecule has 4 atom stereocenters. The number of aliphatic hydroxyl groups excluding tert-OH is 1. The minimum Gasteiger partial charge on any atom is -0.390 e. The molecule has 0 aromatic carbocycles. The Hall–Kier alpha value is -0.820. The molecule has 1 heterocycles. The Morgan fingerprint density at radius 3 is 2.55 bits per heavy atom. The van der Waals surface area contributed by atoms with Crippen LogP contribution in [-0.2, 0) is 4.79 Å². The van der Waals surface area contributed by atoms with E-state index in [0.717, 1.165) is 0 Å². The van der Waals surface area contributed by atoms with E-state index in [1.165, 1.54) is 4.90 Å². The van der Waals surface area contributed by atoms with Crippen LogP contribution in [0, 0.1) is 11.8 Å². The predicted octanol–water partition coefficient (Wildman–Crippen LogP) is 1.15. The molecule has 2 fully saturated rings. The lowest BCUT2D eigenvalue weighted by Gasteiger charge is -2.34. The summed E-state index contributed by atoms with van der Waals surface area (Å²) in [6, 6.07) is -0.339. The summed E-state index contributed by atoms with van der Waals surface area (Å²) in [7, 11) is 1.57. The molecule has 0 bridgehead atoms. The van der Waals surface area contributed by atoms with Gasteiger partial charge in [0.1, 0.15) is 0 Å². The molecule has 1 aliphatic heterocycles. The highest BCUT2D eigenvalue weighted by Crippen LogP contribution is 2.40.